The predicted molar refractivity (Wildman–Crippen MR) is 179 cm³/mol. The zero-order valence-corrected chi connectivity index (χ0v) is 30.9. The quantitative estimate of drug-likeness (QED) is 0.0941. The summed E-state index contributed by atoms with van der Waals surface area (Å²) in [7, 11) is 5.14. The van der Waals surface area contributed by atoms with Crippen LogP contribution in [0.5, 0.6) is 0 Å². The van der Waals surface area contributed by atoms with Gasteiger partial charge in [-0.05, 0) is 19.3 Å². The van der Waals surface area contributed by atoms with Gasteiger partial charge in [0, 0.05) is 62.7 Å². The molecule has 0 aliphatic heterocycles. The highest BCUT2D eigenvalue weighted by Gasteiger charge is 2.18. The van der Waals surface area contributed by atoms with E-state index in [2.05, 4.69) is 15.0 Å². The Labute approximate surface area is 297 Å². The molecule has 0 atom stereocenters. The Morgan fingerprint density at radius 2 is 0.686 bits per heavy atom. The van der Waals surface area contributed by atoms with Gasteiger partial charge in [-0.3, -0.25) is 28.8 Å². The zero-order chi connectivity index (χ0) is 38.5. The molecule has 0 spiro atoms. The Morgan fingerprint density at radius 1 is 0.451 bits per heavy atom. The summed E-state index contributed by atoms with van der Waals surface area (Å²) >= 11 is 0. The summed E-state index contributed by atoms with van der Waals surface area (Å²) in [6.45, 7) is 8.88. The predicted octanol–water partition coefficient (Wildman–Crippen LogP) is 0.253. The molecule has 288 valence electrons. The zero-order valence-electron chi connectivity index (χ0n) is 30.9. The van der Waals surface area contributed by atoms with Crippen molar-refractivity contribution in [2.75, 3.05) is 95.5 Å². The van der Waals surface area contributed by atoms with E-state index in [9.17, 15) is 28.8 Å². The van der Waals surface area contributed by atoms with E-state index in [0.29, 0.717) is 19.3 Å². The summed E-state index contributed by atoms with van der Waals surface area (Å²) in [5, 5.41) is 2.90. The minimum absolute atomic E-state index is 0.0704. The number of anilines is 3. The molecular weight excluding hydrogens is 678 g/mol. The number of hydroxylamine groups is 6. The number of rotatable bonds is 21. The maximum atomic E-state index is 11.7. The molecule has 0 aliphatic carbocycles. The molecule has 21 nitrogen and oxygen atoms in total. The second kappa shape index (κ2) is 23.5. The Morgan fingerprint density at radius 3 is 0.882 bits per heavy atom. The van der Waals surface area contributed by atoms with Crippen molar-refractivity contribution in [3.05, 3.63) is 0 Å². The molecule has 51 heavy (non-hydrogen) atoms. The van der Waals surface area contributed by atoms with Gasteiger partial charge in [0.1, 0.15) is 20.2 Å². The van der Waals surface area contributed by atoms with Crippen LogP contribution in [0.25, 0.3) is 0 Å². The SMILES string of the molecule is CC(=O)ON(CCCOCN(C)c1nc(N(C)COCCCN(OC(C)=O)C(C)=O)nc(N(C)COCCCN(OC(C)=O)C(C)=O)n1)C(C)=O. The molecule has 0 unspecified atom stereocenters. The minimum Gasteiger partial charge on any atom is -0.361 e. The molecule has 21 heteroatoms. The molecule has 1 heterocycles. The van der Waals surface area contributed by atoms with Crippen LogP contribution in [0.2, 0.25) is 0 Å². The highest BCUT2D eigenvalue weighted by atomic mass is 16.7. The minimum atomic E-state index is -0.601. The molecule has 1 aromatic heterocycles. The lowest BCUT2D eigenvalue weighted by Crippen LogP contribution is -2.33. The van der Waals surface area contributed by atoms with Crippen molar-refractivity contribution in [3.8, 4) is 0 Å². The van der Waals surface area contributed by atoms with E-state index in [0.717, 1.165) is 15.2 Å². The van der Waals surface area contributed by atoms with Crippen molar-refractivity contribution in [3.63, 3.8) is 0 Å². The summed E-state index contributed by atoms with van der Waals surface area (Å²) in [6, 6.07) is 0. The van der Waals surface area contributed by atoms with Gasteiger partial charge < -0.3 is 43.4 Å². The van der Waals surface area contributed by atoms with Gasteiger partial charge in [0.2, 0.25) is 17.8 Å². The van der Waals surface area contributed by atoms with E-state index in [1.54, 1.807) is 35.8 Å². The number of aromatic nitrogens is 3. The lowest BCUT2D eigenvalue weighted by Gasteiger charge is -2.25. The number of carbonyl (C=O) groups excluding carboxylic acids is 6. The molecule has 0 saturated heterocycles. The first-order chi connectivity index (χ1) is 24.0. The number of carbonyl (C=O) groups is 6. The molecular formula is C30H51N9O12. The van der Waals surface area contributed by atoms with Gasteiger partial charge in [0.15, 0.2) is 0 Å². The van der Waals surface area contributed by atoms with Crippen LogP contribution < -0.4 is 14.7 Å². The van der Waals surface area contributed by atoms with Gasteiger partial charge in [-0.1, -0.05) is 0 Å². The van der Waals surface area contributed by atoms with Gasteiger partial charge in [-0.15, -0.1) is 0 Å². The smallest absolute Gasteiger partial charge is 0.329 e. The third kappa shape index (κ3) is 18.6. The fraction of sp³-hybridized carbons (Fsp3) is 0.700. The van der Waals surface area contributed by atoms with Crippen LogP contribution in [-0.4, -0.2) is 147 Å². The first kappa shape index (κ1) is 44.1. The maximum absolute atomic E-state index is 11.7. The van der Waals surface area contributed by atoms with Crippen LogP contribution in [-0.2, 0) is 57.5 Å². The van der Waals surface area contributed by atoms with Crippen LogP contribution in [0.15, 0.2) is 0 Å². The van der Waals surface area contributed by atoms with Crippen molar-refractivity contribution in [2.45, 2.75) is 60.8 Å². The third-order valence-corrected chi connectivity index (χ3v) is 6.20. The molecule has 0 radical (unpaired) electrons. The van der Waals surface area contributed by atoms with E-state index in [1.165, 1.54) is 41.5 Å². The van der Waals surface area contributed by atoms with Crippen molar-refractivity contribution in [2.24, 2.45) is 0 Å². The Balaban J connectivity index is 2.91. The fourth-order valence-corrected chi connectivity index (χ4v) is 3.83. The van der Waals surface area contributed by atoms with Crippen molar-refractivity contribution in [1.29, 1.82) is 0 Å². The molecule has 0 aliphatic rings. The molecule has 0 N–H and O–H groups in total. The Kier molecular flexibility index (Phi) is 20.3. The van der Waals surface area contributed by atoms with Crippen LogP contribution in [0.1, 0.15) is 60.8 Å². The molecule has 1 aromatic rings. The Hall–Kier alpha value is -4.89. The summed E-state index contributed by atoms with van der Waals surface area (Å²) in [6.07, 6.45) is 1.18. The van der Waals surface area contributed by atoms with Gasteiger partial charge >= 0.3 is 17.9 Å². The largest absolute Gasteiger partial charge is 0.361 e. The van der Waals surface area contributed by atoms with Gasteiger partial charge in [0.05, 0.1) is 39.5 Å². The number of ether oxygens (including phenoxy) is 3. The van der Waals surface area contributed by atoms with Gasteiger partial charge in [-0.25, -0.2) is 0 Å². The van der Waals surface area contributed by atoms with Crippen molar-refractivity contribution < 1.29 is 57.5 Å². The molecule has 3 amide bonds. The Bertz CT molecular complexity index is 1140. The molecule has 0 aromatic carbocycles. The lowest BCUT2D eigenvalue weighted by atomic mass is 10.4. The van der Waals surface area contributed by atoms with Crippen molar-refractivity contribution in [1.82, 2.24) is 30.1 Å². The topological polar surface area (TPSA) is 216 Å². The fourth-order valence-electron chi connectivity index (χ4n) is 3.83. The third-order valence-electron chi connectivity index (χ3n) is 6.20. The number of hydrogen-bond donors (Lipinski definition) is 0. The second-order valence-corrected chi connectivity index (χ2v) is 11.1. The molecule has 0 fully saturated rings. The maximum Gasteiger partial charge on any atom is 0.329 e. The van der Waals surface area contributed by atoms with E-state index in [1.807, 2.05) is 0 Å². The lowest BCUT2D eigenvalue weighted by molar-refractivity contribution is -0.195. The summed E-state index contributed by atoms with van der Waals surface area (Å²) in [5.74, 6) is -2.25. The van der Waals surface area contributed by atoms with E-state index >= 15 is 0 Å². The van der Waals surface area contributed by atoms with Crippen LogP contribution in [0.3, 0.4) is 0 Å². The average Bonchev–Trinajstić information content (AvgIpc) is 3.04. The van der Waals surface area contributed by atoms with Gasteiger partial charge in [0.25, 0.3) is 17.7 Å². The molecule has 0 saturated carbocycles. The van der Waals surface area contributed by atoms with E-state index < -0.39 is 35.6 Å². The summed E-state index contributed by atoms with van der Waals surface area (Å²) in [4.78, 5) is 102. The number of hydrogen-bond acceptors (Lipinski definition) is 18. The highest BCUT2D eigenvalue weighted by molar-refractivity contribution is 5.76. The van der Waals surface area contributed by atoms with Crippen molar-refractivity contribution >= 4 is 53.5 Å². The van der Waals surface area contributed by atoms with Gasteiger partial charge in [-0.2, -0.15) is 30.1 Å². The van der Waals surface area contributed by atoms with E-state index in [4.69, 9.17) is 28.7 Å². The first-order valence-corrected chi connectivity index (χ1v) is 16.0. The number of amides is 3. The standard InChI is InChI=1S/C30H51N9O12/c1-22(40)37(49-25(4)43)13-10-16-46-19-34(7)28-31-29(35(8)20-47-17-11-14-38(23(2)41)50-26(5)44)33-30(32-28)36(9)21-48-18-12-15-39(24(3)42)51-27(6)45/h10-21H2,1-9H3. The summed E-state index contributed by atoms with van der Waals surface area (Å²) in [5.41, 5.74) is 0. The monoisotopic (exact) mass is 729 g/mol. The van der Waals surface area contributed by atoms with Crippen LogP contribution in [0, 0.1) is 0 Å². The average molecular weight is 730 g/mol. The van der Waals surface area contributed by atoms with Crippen LogP contribution in [0.4, 0.5) is 17.8 Å². The second-order valence-electron chi connectivity index (χ2n) is 11.1. The number of nitrogens with zero attached hydrogens (tertiary/aromatic N) is 9. The molecule has 0 bridgehead atoms. The molecule has 1 rings (SSSR count). The first-order valence-electron chi connectivity index (χ1n) is 16.0. The highest BCUT2D eigenvalue weighted by Crippen LogP contribution is 2.18. The van der Waals surface area contributed by atoms with Crippen LogP contribution >= 0.6 is 0 Å². The van der Waals surface area contributed by atoms with E-state index in [-0.39, 0.29) is 77.5 Å². The normalized spacial score (nSPS) is 10.5. The summed E-state index contributed by atoms with van der Waals surface area (Å²) < 4.78 is 17.2.